The number of nitrogens with zero attached hydrogens (tertiary/aromatic N) is 5. The number of fused-ring (bicyclic) bond motifs is 1. The predicted molar refractivity (Wildman–Crippen MR) is 135 cm³/mol. The van der Waals surface area contributed by atoms with Gasteiger partial charge in [0, 0.05) is 30.8 Å². The van der Waals surface area contributed by atoms with E-state index in [1.165, 1.54) is 11.1 Å². The number of benzene rings is 2. The number of aromatic nitrogens is 5. The Bertz CT molecular complexity index is 1310. The number of tetrazole rings is 1. The van der Waals surface area contributed by atoms with Crippen LogP contribution in [0, 0.1) is 0 Å². The first-order valence-corrected chi connectivity index (χ1v) is 12.5. The molecule has 2 aromatic carbocycles. The van der Waals surface area contributed by atoms with Crippen LogP contribution in [0.3, 0.4) is 0 Å². The zero-order valence-electron chi connectivity index (χ0n) is 20.2. The highest BCUT2D eigenvalue weighted by Crippen LogP contribution is 2.17. The van der Waals surface area contributed by atoms with Crippen LogP contribution < -0.4 is 5.56 Å². The van der Waals surface area contributed by atoms with Gasteiger partial charge in [0.05, 0.1) is 19.2 Å². The first-order valence-electron chi connectivity index (χ1n) is 12.5. The van der Waals surface area contributed by atoms with Crippen molar-refractivity contribution in [1.82, 2.24) is 30.1 Å². The van der Waals surface area contributed by atoms with Gasteiger partial charge in [-0.15, -0.1) is 5.10 Å². The van der Waals surface area contributed by atoms with Crippen LogP contribution in [-0.2, 0) is 37.2 Å². The fraction of sp³-hybridized carbons (Fsp3) is 0.407. The lowest BCUT2D eigenvalue weighted by atomic mass is 10.1. The molecule has 1 aliphatic heterocycles. The van der Waals surface area contributed by atoms with Crippen molar-refractivity contribution in [1.29, 1.82) is 0 Å². The fourth-order valence-electron chi connectivity index (χ4n) is 4.68. The van der Waals surface area contributed by atoms with Gasteiger partial charge >= 0.3 is 0 Å². The molecule has 1 fully saturated rings. The molecular formula is C27H32N6O2. The molecule has 1 unspecified atom stereocenters. The van der Waals surface area contributed by atoms with Crippen molar-refractivity contribution in [2.75, 3.05) is 13.2 Å². The number of aryl methyl sites for hydroxylation is 1. The molecule has 1 saturated heterocycles. The molecule has 8 nitrogen and oxygen atoms in total. The molecule has 2 aromatic heterocycles. The van der Waals surface area contributed by atoms with Gasteiger partial charge in [-0.2, -0.15) is 0 Å². The summed E-state index contributed by atoms with van der Waals surface area (Å²) in [7, 11) is 0. The molecule has 0 bridgehead atoms. The molecular weight excluding hydrogens is 440 g/mol. The third-order valence-electron chi connectivity index (χ3n) is 6.72. The van der Waals surface area contributed by atoms with Crippen molar-refractivity contribution >= 4 is 10.9 Å². The number of hydrogen-bond donors (Lipinski definition) is 1. The molecule has 0 aliphatic carbocycles. The van der Waals surface area contributed by atoms with E-state index in [0.717, 1.165) is 61.1 Å². The smallest absolute Gasteiger partial charge is 0.252 e. The first-order chi connectivity index (χ1) is 17.2. The molecule has 0 radical (unpaired) electrons. The van der Waals surface area contributed by atoms with Crippen molar-refractivity contribution in [3.63, 3.8) is 0 Å². The zero-order valence-corrected chi connectivity index (χ0v) is 20.2. The summed E-state index contributed by atoms with van der Waals surface area (Å²) < 4.78 is 7.64. The first kappa shape index (κ1) is 23.4. The van der Waals surface area contributed by atoms with Gasteiger partial charge in [0.15, 0.2) is 5.82 Å². The Hall–Kier alpha value is -3.36. The number of ether oxygens (including phenoxy) is 1. The van der Waals surface area contributed by atoms with E-state index in [1.807, 2.05) is 22.9 Å². The van der Waals surface area contributed by atoms with Crippen LogP contribution in [-0.4, -0.2) is 49.3 Å². The molecule has 1 N–H and O–H groups in total. The monoisotopic (exact) mass is 472 g/mol. The summed E-state index contributed by atoms with van der Waals surface area (Å²) in [5.41, 5.74) is 4.08. The Morgan fingerprint density at radius 1 is 1.11 bits per heavy atom. The fourth-order valence-corrected chi connectivity index (χ4v) is 4.68. The molecule has 1 aliphatic rings. The summed E-state index contributed by atoms with van der Waals surface area (Å²) in [6.07, 6.45) is 4.10. The molecule has 35 heavy (non-hydrogen) atoms. The van der Waals surface area contributed by atoms with E-state index >= 15 is 0 Å². The average molecular weight is 473 g/mol. The summed E-state index contributed by atoms with van der Waals surface area (Å²) >= 11 is 0. The molecule has 0 saturated carbocycles. The number of aromatic amines is 1. The Kier molecular flexibility index (Phi) is 7.30. The summed E-state index contributed by atoms with van der Waals surface area (Å²) in [6.45, 7) is 5.45. The van der Waals surface area contributed by atoms with E-state index in [1.54, 1.807) is 0 Å². The van der Waals surface area contributed by atoms with Crippen LogP contribution in [0.2, 0.25) is 0 Å². The van der Waals surface area contributed by atoms with Gasteiger partial charge in [-0.25, -0.2) is 4.68 Å². The van der Waals surface area contributed by atoms with Crippen molar-refractivity contribution in [2.24, 2.45) is 0 Å². The van der Waals surface area contributed by atoms with E-state index in [0.29, 0.717) is 19.6 Å². The second-order valence-electron chi connectivity index (χ2n) is 9.26. The van der Waals surface area contributed by atoms with Crippen LogP contribution in [0.25, 0.3) is 10.9 Å². The topological polar surface area (TPSA) is 88.9 Å². The normalized spacial score (nSPS) is 15.9. The van der Waals surface area contributed by atoms with Crippen LogP contribution in [0.15, 0.2) is 59.4 Å². The predicted octanol–water partition coefficient (Wildman–Crippen LogP) is 3.50. The largest absolute Gasteiger partial charge is 0.376 e. The minimum atomic E-state index is -0.0505. The zero-order chi connectivity index (χ0) is 24.0. The van der Waals surface area contributed by atoms with Crippen molar-refractivity contribution in [2.45, 2.75) is 58.3 Å². The third-order valence-corrected chi connectivity index (χ3v) is 6.72. The number of rotatable bonds is 10. The van der Waals surface area contributed by atoms with E-state index < -0.39 is 0 Å². The van der Waals surface area contributed by atoms with E-state index in [-0.39, 0.29) is 11.7 Å². The Labute approximate surface area is 204 Å². The number of H-pyrrole nitrogens is 1. The number of pyridine rings is 1. The van der Waals surface area contributed by atoms with Gasteiger partial charge in [-0.1, -0.05) is 43.3 Å². The molecule has 5 rings (SSSR count). The SMILES string of the molecule is CCc1ccc2[nH]c(=O)c(CN(CCc3ccccc3)Cc3nnnn3CC3CCCO3)cc2c1. The lowest BCUT2D eigenvalue weighted by Crippen LogP contribution is -2.30. The molecule has 4 aromatic rings. The van der Waals surface area contributed by atoms with Gasteiger partial charge in [0.25, 0.3) is 5.56 Å². The van der Waals surface area contributed by atoms with Crippen molar-refractivity contribution in [3.05, 3.63) is 87.5 Å². The molecule has 0 spiro atoms. The summed E-state index contributed by atoms with van der Waals surface area (Å²) in [5, 5.41) is 13.5. The van der Waals surface area contributed by atoms with Gasteiger partial charge in [0.2, 0.25) is 0 Å². The highest BCUT2D eigenvalue weighted by atomic mass is 16.5. The van der Waals surface area contributed by atoms with Crippen molar-refractivity contribution < 1.29 is 4.74 Å². The van der Waals surface area contributed by atoms with Crippen molar-refractivity contribution in [3.8, 4) is 0 Å². The maximum absolute atomic E-state index is 13.0. The second kappa shape index (κ2) is 10.9. The lowest BCUT2D eigenvalue weighted by Gasteiger charge is -2.22. The minimum absolute atomic E-state index is 0.0505. The second-order valence-corrected chi connectivity index (χ2v) is 9.26. The molecule has 8 heteroatoms. The van der Waals surface area contributed by atoms with Crippen LogP contribution in [0.4, 0.5) is 0 Å². The molecule has 182 valence electrons. The molecule has 1 atom stereocenters. The quantitative estimate of drug-likeness (QED) is 0.380. The summed E-state index contributed by atoms with van der Waals surface area (Å²) in [4.78, 5) is 18.3. The van der Waals surface area contributed by atoms with Crippen LogP contribution in [0.1, 0.15) is 42.3 Å². The maximum atomic E-state index is 13.0. The Morgan fingerprint density at radius 3 is 2.80 bits per heavy atom. The maximum Gasteiger partial charge on any atom is 0.252 e. The minimum Gasteiger partial charge on any atom is -0.376 e. The van der Waals surface area contributed by atoms with Crippen LogP contribution in [0.5, 0.6) is 0 Å². The number of hydrogen-bond acceptors (Lipinski definition) is 6. The van der Waals surface area contributed by atoms with E-state index in [2.05, 4.69) is 68.7 Å². The Morgan fingerprint density at radius 2 is 2.00 bits per heavy atom. The highest BCUT2D eigenvalue weighted by Gasteiger charge is 2.20. The average Bonchev–Trinajstić information content (AvgIpc) is 3.56. The standard InChI is InChI=1S/C27H32N6O2/c1-2-20-10-11-25-22(15-20)16-23(27(34)28-25)17-32(13-12-21-7-4-3-5-8-21)19-26-29-30-31-33(26)18-24-9-6-14-35-24/h3-5,7-8,10-11,15-16,24H,2,6,9,12-14,17-19H2,1H3,(H,28,34). The van der Waals surface area contributed by atoms with E-state index in [9.17, 15) is 4.79 Å². The summed E-state index contributed by atoms with van der Waals surface area (Å²) in [6, 6.07) is 18.7. The van der Waals surface area contributed by atoms with Crippen LogP contribution >= 0.6 is 0 Å². The van der Waals surface area contributed by atoms with Gasteiger partial charge in [0.1, 0.15) is 0 Å². The molecule has 3 heterocycles. The third kappa shape index (κ3) is 5.83. The van der Waals surface area contributed by atoms with Gasteiger partial charge in [-0.3, -0.25) is 9.69 Å². The van der Waals surface area contributed by atoms with E-state index in [4.69, 9.17) is 4.74 Å². The van der Waals surface area contributed by atoms with Gasteiger partial charge in [-0.05, 0) is 70.8 Å². The lowest BCUT2D eigenvalue weighted by molar-refractivity contribution is 0.0916. The highest BCUT2D eigenvalue weighted by molar-refractivity contribution is 5.79. The molecule has 0 amide bonds. The number of nitrogens with one attached hydrogen (secondary N) is 1. The Balaban J connectivity index is 1.39. The summed E-state index contributed by atoms with van der Waals surface area (Å²) in [5.74, 6) is 0.791. The van der Waals surface area contributed by atoms with Gasteiger partial charge < -0.3 is 9.72 Å².